The molecule has 0 spiro atoms. The Hall–Kier alpha value is -1.86. The normalized spacial score (nSPS) is 10.4. The Morgan fingerprint density at radius 2 is 2.00 bits per heavy atom. The van der Waals surface area contributed by atoms with Crippen molar-refractivity contribution in [1.82, 2.24) is 9.97 Å². The summed E-state index contributed by atoms with van der Waals surface area (Å²) in [4.78, 5) is 6.53. The van der Waals surface area contributed by atoms with Crippen molar-refractivity contribution < 1.29 is 17.7 Å². The van der Waals surface area contributed by atoms with Gasteiger partial charge < -0.3 is 9.72 Å². The number of methoxy groups -OCH3 is 1. The average Bonchev–Trinajstić information content (AvgIpc) is 2.80. The van der Waals surface area contributed by atoms with Gasteiger partial charge in [0.25, 0.3) is 10.1 Å². The van der Waals surface area contributed by atoms with E-state index in [0.717, 1.165) is 5.82 Å². The molecule has 18 heavy (non-hydrogen) atoms. The quantitative estimate of drug-likeness (QED) is 0.810. The standard InChI is InChI=1S/C7H8O4S.C4H6N2/c1-11-6-4-2-3-5-7(6)12(8,9)10;1-4-5-2-3-6-4/h2-5H,1H3,(H,8,9,10);2-3H,1H3,(H,5,6). The van der Waals surface area contributed by atoms with E-state index in [-0.39, 0.29) is 10.6 Å². The van der Waals surface area contributed by atoms with Crippen LogP contribution in [0.15, 0.2) is 41.6 Å². The van der Waals surface area contributed by atoms with E-state index in [4.69, 9.17) is 9.29 Å². The maximum Gasteiger partial charge on any atom is 0.298 e. The van der Waals surface area contributed by atoms with Gasteiger partial charge in [0.15, 0.2) is 0 Å². The number of H-pyrrole nitrogens is 1. The van der Waals surface area contributed by atoms with Crippen molar-refractivity contribution in [2.45, 2.75) is 11.8 Å². The zero-order chi connectivity index (χ0) is 13.6. The molecule has 7 heteroatoms. The Bertz CT molecular complexity index is 579. The minimum absolute atomic E-state index is 0.139. The van der Waals surface area contributed by atoms with Gasteiger partial charge >= 0.3 is 0 Å². The van der Waals surface area contributed by atoms with Gasteiger partial charge in [0.2, 0.25) is 0 Å². The van der Waals surface area contributed by atoms with E-state index in [1.54, 1.807) is 18.5 Å². The van der Waals surface area contributed by atoms with Crippen LogP contribution in [-0.2, 0) is 10.1 Å². The molecule has 1 aromatic carbocycles. The number of imidazole rings is 1. The molecular weight excluding hydrogens is 256 g/mol. The summed E-state index contributed by atoms with van der Waals surface area (Å²) in [6, 6.07) is 5.86. The molecule has 6 nitrogen and oxygen atoms in total. The molecule has 0 fully saturated rings. The second-order valence-electron chi connectivity index (χ2n) is 3.30. The number of nitrogens with one attached hydrogen (secondary N) is 1. The lowest BCUT2D eigenvalue weighted by molar-refractivity contribution is 0.397. The third-order valence-corrected chi connectivity index (χ3v) is 2.88. The highest BCUT2D eigenvalue weighted by Gasteiger charge is 2.14. The van der Waals surface area contributed by atoms with E-state index < -0.39 is 10.1 Å². The number of aromatic amines is 1. The van der Waals surface area contributed by atoms with Crippen LogP contribution >= 0.6 is 0 Å². The topological polar surface area (TPSA) is 92.3 Å². The molecule has 2 N–H and O–H groups in total. The molecule has 0 unspecified atom stereocenters. The van der Waals surface area contributed by atoms with Crippen molar-refractivity contribution in [2.24, 2.45) is 0 Å². The van der Waals surface area contributed by atoms with Crippen molar-refractivity contribution in [3.05, 3.63) is 42.5 Å². The van der Waals surface area contributed by atoms with Crippen LogP contribution in [0, 0.1) is 6.92 Å². The number of aryl methyl sites for hydroxylation is 1. The van der Waals surface area contributed by atoms with Gasteiger partial charge in [-0.05, 0) is 19.1 Å². The zero-order valence-corrected chi connectivity index (χ0v) is 10.8. The van der Waals surface area contributed by atoms with Crippen LogP contribution in [0.25, 0.3) is 0 Å². The van der Waals surface area contributed by atoms with Crippen LogP contribution < -0.4 is 4.74 Å². The average molecular weight is 270 g/mol. The van der Waals surface area contributed by atoms with Crippen molar-refractivity contribution in [2.75, 3.05) is 7.11 Å². The molecule has 0 saturated heterocycles. The number of hydrogen-bond donors (Lipinski definition) is 2. The fourth-order valence-corrected chi connectivity index (χ4v) is 1.83. The number of nitrogens with zero attached hydrogens (tertiary/aromatic N) is 1. The molecule has 0 atom stereocenters. The van der Waals surface area contributed by atoms with Gasteiger partial charge in [-0.25, -0.2) is 4.98 Å². The first-order valence-corrected chi connectivity index (χ1v) is 6.45. The Kier molecular flexibility index (Phi) is 4.87. The van der Waals surface area contributed by atoms with Gasteiger partial charge in [0.05, 0.1) is 7.11 Å². The van der Waals surface area contributed by atoms with Crippen LogP contribution in [0.1, 0.15) is 5.82 Å². The molecule has 0 amide bonds. The molecule has 0 radical (unpaired) electrons. The van der Waals surface area contributed by atoms with E-state index in [0.29, 0.717) is 0 Å². The molecular formula is C11H14N2O4S. The van der Waals surface area contributed by atoms with Crippen molar-refractivity contribution in [3.63, 3.8) is 0 Å². The zero-order valence-electron chi connectivity index (χ0n) is 9.99. The number of para-hydroxylation sites is 1. The minimum Gasteiger partial charge on any atom is -0.495 e. The molecule has 0 aliphatic rings. The Labute approximate surface area is 105 Å². The van der Waals surface area contributed by atoms with Crippen LogP contribution in [-0.4, -0.2) is 30.0 Å². The van der Waals surface area contributed by atoms with Gasteiger partial charge in [-0.3, -0.25) is 4.55 Å². The van der Waals surface area contributed by atoms with Gasteiger partial charge in [-0.2, -0.15) is 8.42 Å². The summed E-state index contributed by atoms with van der Waals surface area (Å²) in [6.45, 7) is 1.92. The maximum atomic E-state index is 10.7. The second-order valence-corrected chi connectivity index (χ2v) is 4.69. The van der Waals surface area contributed by atoms with Gasteiger partial charge in [-0.15, -0.1) is 0 Å². The predicted molar refractivity (Wildman–Crippen MR) is 66.1 cm³/mol. The second kappa shape index (κ2) is 6.18. The number of aromatic nitrogens is 2. The summed E-state index contributed by atoms with van der Waals surface area (Å²) >= 11 is 0. The Balaban J connectivity index is 0.000000225. The fraction of sp³-hybridized carbons (Fsp3) is 0.182. The summed E-state index contributed by atoms with van der Waals surface area (Å²) in [6.07, 6.45) is 3.53. The summed E-state index contributed by atoms with van der Waals surface area (Å²) in [5.41, 5.74) is 0. The van der Waals surface area contributed by atoms with Crippen LogP contribution in [0.2, 0.25) is 0 Å². The van der Waals surface area contributed by atoms with Crippen molar-refractivity contribution in [3.8, 4) is 5.75 Å². The third-order valence-electron chi connectivity index (χ3n) is 1.98. The van der Waals surface area contributed by atoms with Crippen LogP contribution in [0.5, 0.6) is 5.75 Å². The number of benzene rings is 1. The predicted octanol–water partition coefficient (Wildman–Crippen LogP) is 1.66. The first kappa shape index (κ1) is 14.2. The molecule has 1 heterocycles. The minimum atomic E-state index is -4.17. The van der Waals surface area contributed by atoms with E-state index in [1.807, 2.05) is 6.92 Å². The first-order valence-electron chi connectivity index (χ1n) is 5.01. The van der Waals surface area contributed by atoms with Crippen molar-refractivity contribution >= 4 is 10.1 Å². The number of rotatable bonds is 2. The lowest BCUT2D eigenvalue weighted by Crippen LogP contribution is -2.00. The highest BCUT2D eigenvalue weighted by molar-refractivity contribution is 7.86. The smallest absolute Gasteiger partial charge is 0.298 e. The van der Waals surface area contributed by atoms with Crippen LogP contribution in [0.3, 0.4) is 0 Å². The highest BCUT2D eigenvalue weighted by atomic mass is 32.2. The van der Waals surface area contributed by atoms with Crippen LogP contribution in [0.4, 0.5) is 0 Å². The molecule has 0 aliphatic carbocycles. The largest absolute Gasteiger partial charge is 0.495 e. The fourth-order valence-electron chi connectivity index (χ4n) is 1.18. The van der Waals surface area contributed by atoms with Gasteiger partial charge in [0.1, 0.15) is 16.5 Å². The third kappa shape index (κ3) is 4.19. The molecule has 2 aromatic rings. The summed E-state index contributed by atoms with van der Waals surface area (Å²) in [5, 5.41) is 0. The van der Waals surface area contributed by atoms with E-state index in [2.05, 4.69) is 9.97 Å². The van der Waals surface area contributed by atoms with Crippen molar-refractivity contribution in [1.29, 1.82) is 0 Å². The summed E-state index contributed by atoms with van der Waals surface area (Å²) in [7, 11) is -2.83. The Morgan fingerprint density at radius 3 is 2.33 bits per heavy atom. The van der Waals surface area contributed by atoms with Gasteiger partial charge in [-0.1, -0.05) is 12.1 Å². The highest BCUT2D eigenvalue weighted by Crippen LogP contribution is 2.21. The summed E-state index contributed by atoms with van der Waals surface area (Å²) < 4.78 is 34.8. The molecule has 2 rings (SSSR count). The molecule has 98 valence electrons. The lowest BCUT2D eigenvalue weighted by Gasteiger charge is -2.03. The molecule has 0 saturated carbocycles. The van der Waals surface area contributed by atoms with E-state index in [1.165, 1.54) is 25.3 Å². The van der Waals surface area contributed by atoms with E-state index >= 15 is 0 Å². The SMILES string of the molecule is COc1ccccc1S(=O)(=O)O.Cc1ncc[nH]1. The monoisotopic (exact) mass is 270 g/mol. The molecule has 0 bridgehead atoms. The number of hydrogen-bond acceptors (Lipinski definition) is 4. The molecule has 1 aromatic heterocycles. The Morgan fingerprint density at radius 1 is 1.33 bits per heavy atom. The lowest BCUT2D eigenvalue weighted by atomic mass is 10.3. The first-order chi connectivity index (χ1) is 8.45. The van der Waals surface area contributed by atoms with E-state index in [9.17, 15) is 8.42 Å². The van der Waals surface area contributed by atoms with Gasteiger partial charge in [0, 0.05) is 12.4 Å². The number of ether oxygens (including phenoxy) is 1. The summed E-state index contributed by atoms with van der Waals surface area (Å²) in [5.74, 6) is 1.11. The molecule has 0 aliphatic heterocycles. The maximum absolute atomic E-state index is 10.7.